The monoisotopic (exact) mass is 415 g/mol. The van der Waals surface area contributed by atoms with Crippen molar-refractivity contribution < 1.29 is 24.2 Å². The average Bonchev–Trinajstić information content (AvgIpc) is 2.63. The zero-order valence-electron chi connectivity index (χ0n) is 19.5. The van der Waals surface area contributed by atoms with Crippen molar-refractivity contribution in [3.05, 3.63) is 0 Å². The summed E-state index contributed by atoms with van der Waals surface area (Å²) in [4.78, 5) is 38.9. The van der Waals surface area contributed by atoms with Gasteiger partial charge in [0.25, 0.3) is 0 Å². The van der Waals surface area contributed by atoms with Crippen LogP contribution in [0.1, 0.15) is 54.4 Å². The zero-order valence-corrected chi connectivity index (χ0v) is 19.5. The van der Waals surface area contributed by atoms with Crippen LogP contribution < -0.4 is 10.6 Å². The Balaban J connectivity index is 5.72. The summed E-state index contributed by atoms with van der Waals surface area (Å²) in [5, 5.41) is 15.1. The first-order valence-corrected chi connectivity index (χ1v) is 10.4. The molecule has 8 nitrogen and oxygen atoms in total. The van der Waals surface area contributed by atoms with Gasteiger partial charge in [0.1, 0.15) is 6.04 Å². The molecule has 0 aromatic rings. The highest BCUT2D eigenvalue weighted by Gasteiger charge is 2.38. The lowest BCUT2D eigenvalue weighted by Gasteiger charge is -2.39. The molecule has 0 radical (unpaired) electrons. The number of amides is 2. The minimum Gasteiger partial charge on any atom is -0.481 e. The van der Waals surface area contributed by atoms with Gasteiger partial charge in [-0.2, -0.15) is 0 Å². The molecule has 0 rings (SSSR count). The molecule has 0 aromatic heterocycles. The lowest BCUT2D eigenvalue weighted by Crippen LogP contribution is -2.59. The van der Waals surface area contributed by atoms with E-state index in [-0.39, 0.29) is 36.0 Å². The quantitative estimate of drug-likeness (QED) is 0.423. The summed E-state index contributed by atoms with van der Waals surface area (Å²) < 4.78 is 5.45. The SMILES string of the molecule is CC[C@H](C)[C@@H]([C@@H](CC(=O)O)OC)N(C)C(=O)[C@@H](NC(=O)[C@@H](NC)C(C)C)C(C)C. The molecule has 0 unspecified atom stereocenters. The molecule has 0 bridgehead atoms. The first-order valence-electron chi connectivity index (χ1n) is 10.4. The van der Waals surface area contributed by atoms with Crippen LogP contribution in [0.3, 0.4) is 0 Å². The van der Waals surface area contributed by atoms with E-state index < -0.39 is 30.2 Å². The van der Waals surface area contributed by atoms with Crippen molar-refractivity contribution >= 4 is 17.8 Å². The van der Waals surface area contributed by atoms with E-state index in [1.165, 1.54) is 7.11 Å². The normalized spacial score (nSPS) is 16.8. The van der Waals surface area contributed by atoms with Gasteiger partial charge in [-0.15, -0.1) is 0 Å². The van der Waals surface area contributed by atoms with Crippen molar-refractivity contribution in [3.63, 3.8) is 0 Å². The third-order valence-corrected chi connectivity index (χ3v) is 5.57. The van der Waals surface area contributed by atoms with E-state index in [0.717, 1.165) is 6.42 Å². The van der Waals surface area contributed by atoms with Crippen LogP contribution >= 0.6 is 0 Å². The maximum atomic E-state index is 13.4. The maximum Gasteiger partial charge on any atom is 0.306 e. The Labute approximate surface area is 175 Å². The lowest BCUT2D eigenvalue weighted by molar-refractivity contribution is -0.148. The van der Waals surface area contributed by atoms with Crippen molar-refractivity contribution in [2.75, 3.05) is 21.2 Å². The van der Waals surface area contributed by atoms with Crippen molar-refractivity contribution in [1.29, 1.82) is 0 Å². The molecule has 29 heavy (non-hydrogen) atoms. The lowest BCUT2D eigenvalue weighted by atomic mass is 9.90. The number of hydrogen-bond donors (Lipinski definition) is 3. The van der Waals surface area contributed by atoms with Gasteiger partial charge in [-0.3, -0.25) is 14.4 Å². The Kier molecular flexibility index (Phi) is 12.1. The van der Waals surface area contributed by atoms with Crippen LogP contribution in [0.25, 0.3) is 0 Å². The summed E-state index contributed by atoms with van der Waals surface area (Å²) in [6.07, 6.45) is -0.0761. The third-order valence-electron chi connectivity index (χ3n) is 5.57. The Hall–Kier alpha value is -1.67. The molecule has 5 atom stereocenters. The van der Waals surface area contributed by atoms with E-state index in [9.17, 15) is 19.5 Å². The fraction of sp³-hybridized carbons (Fsp3) is 0.857. The number of methoxy groups -OCH3 is 1. The number of nitrogens with zero attached hydrogens (tertiary/aromatic N) is 1. The van der Waals surface area contributed by atoms with Gasteiger partial charge in [-0.1, -0.05) is 48.0 Å². The van der Waals surface area contributed by atoms with Crippen LogP contribution in [-0.4, -0.2) is 73.2 Å². The van der Waals surface area contributed by atoms with Crippen molar-refractivity contribution in [1.82, 2.24) is 15.5 Å². The Bertz CT molecular complexity index is 538. The second-order valence-electron chi connectivity index (χ2n) is 8.44. The van der Waals surface area contributed by atoms with Crippen molar-refractivity contribution in [3.8, 4) is 0 Å². The second-order valence-corrected chi connectivity index (χ2v) is 8.44. The van der Waals surface area contributed by atoms with Gasteiger partial charge in [-0.25, -0.2) is 0 Å². The highest BCUT2D eigenvalue weighted by atomic mass is 16.5. The van der Waals surface area contributed by atoms with Crippen LogP contribution in [0.5, 0.6) is 0 Å². The van der Waals surface area contributed by atoms with Crippen LogP contribution in [0, 0.1) is 17.8 Å². The van der Waals surface area contributed by atoms with Gasteiger partial charge in [0, 0.05) is 14.2 Å². The summed E-state index contributed by atoms with van der Waals surface area (Å²) in [7, 11) is 4.84. The standard InChI is InChI=1S/C21H41N3O5/c1-10-14(6)19(15(29-9)11-16(25)26)24(8)21(28)18(13(4)5)23-20(27)17(22-7)12(2)3/h12-15,17-19,22H,10-11H2,1-9H3,(H,23,27)(H,25,26)/t14-,15+,17-,18-,19-/m0/s1. The van der Waals surface area contributed by atoms with Gasteiger partial charge < -0.3 is 25.4 Å². The number of carbonyl (C=O) groups is 3. The number of aliphatic carboxylic acids is 1. The van der Waals surface area contributed by atoms with E-state index in [1.54, 1.807) is 19.0 Å². The molecule has 0 aliphatic carbocycles. The zero-order chi connectivity index (χ0) is 22.9. The van der Waals surface area contributed by atoms with Gasteiger partial charge in [0.2, 0.25) is 11.8 Å². The molecule has 170 valence electrons. The number of rotatable bonds is 13. The molecular weight excluding hydrogens is 374 g/mol. The second kappa shape index (κ2) is 12.8. The fourth-order valence-electron chi connectivity index (χ4n) is 3.64. The molecule has 2 amide bonds. The number of ether oxygens (including phenoxy) is 1. The number of carboxylic acids is 1. The Morgan fingerprint density at radius 3 is 1.90 bits per heavy atom. The van der Waals surface area contributed by atoms with Gasteiger partial charge >= 0.3 is 5.97 Å². The van der Waals surface area contributed by atoms with Gasteiger partial charge in [-0.05, 0) is 24.8 Å². The molecule has 0 aliphatic rings. The minimum absolute atomic E-state index is 0.0254. The topological polar surface area (TPSA) is 108 Å². The van der Waals surface area contributed by atoms with E-state index in [2.05, 4.69) is 10.6 Å². The number of hydrogen-bond acceptors (Lipinski definition) is 5. The fourth-order valence-corrected chi connectivity index (χ4v) is 3.64. The molecule has 0 aromatic carbocycles. The summed E-state index contributed by atoms with van der Waals surface area (Å²) in [6, 6.07) is -1.54. The summed E-state index contributed by atoms with van der Waals surface area (Å²) >= 11 is 0. The highest BCUT2D eigenvalue weighted by Crippen LogP contribution is 2.23. The highest BCUT2D eigenvalue weighted by molar-refractivity contribution is 5.90. The van der Waals surface area contributed by atoms with E-state index in [1.807, 2.05) is 41.5 Å². The Morgan fingerprint density at radius 1 is 1.03 bits per heavy atom. The molecule has 0 fully saturated rings. The van der Waals surface area contributed by atoms with Gasteiger partial charge in [0.15, 0.2) is 0 Å². The molecule has 0 saturated heterocycles. The molecule has 0 aliphatic heterocycles. The molecule has 0 heterocycles. The van der Waals surface area contributed by atoms with Crippen molar-refractivity contribution in [2.45, 2.75) is 78.6 Å². The van der Waals surface area contributed by atoms with E-state index >= 15 is 0 Å². The van der Waals surface area contributed by atoms with Crippen LogP contribution in [0.15, 0.2) is 0 Å². The van der Waals surface area contributed by atoms with E-state index in [0.29, 0.717) is 0 Å². The number of likely N-dealkylation sites (N-methyl/N-ethyl adjacent to an activating group) is 2. The Morgan fingerprint density at radius 2 is 1.55 bits per heavy atom. The number of carboxylic acid groups (broad SMARTS) is 1. The van der Waals surface area contributed by atoms with Crippen molar-refractivity contribution in [2.24, 2.45) is 17.8 Å². The molecule has 8 heteroatoms. The molecular formula is C21H41N3O5. The summed E-state index contributed by atoms with van der Waals surface area (Å²) in [5.41, 5.74) is 0. The van der Waals surface area contributed by atoms with Gasteiger partial charge in [0.05, 0.1) is 24.6 Å². The minimum atomic E-state index is -0.978. The molecule has 0 saturated carbocycles. The summed E-state index contributed by atoms with van der Waals surface area (Å²) in [6.45, 7) is 11.6. The maximum absolute atomic E-state index is 13.4. The van der Waals surface area contributed by atoms with E-state index in [4.69, 9.17) is 4.74 Å². The predicted octanol–water partition coefficient (Wildman–Crippen LogP) is 1.73. The smallest absolute Gasteiger partial charge is 0.306 e. The number of nitrogens with one attached hydrogen (secondary N) is 2. The average molecular weight is 416 g/mol. The molecule has 3 N–H and O–H groups in total. The van der Waals surface area contributed by atoms with Crippen LogP contribution in [0.2, 0.25) is 0 Å². The van der Waals surface area contributed by atoms with Crippen LogP contribution in [0.4, 0.5) is 0 Å². The largest absolute Gasteiger partial charge is 0.481 e. The number of carbonyl (C=O) groups excluding carboxylic acids is 2. The summed E-state index contributed by atoms with van der Waals surface area (Å²) in [5.74, 6) is -1.48. The third kappa shape index (κ3) is 7.93. The first kappa shape index (κ1) is 27.3. The van der Waals surface area contributed by atoms with Crippen LogP contribution in [-0.2, 0) is 19.1 Å². The first-order chi connectivity index (χ1) is 13.4. The predicted molar refractivity (Wildman–Crippen MR) is 114 cm³/mol. The molecule has 0 spiro atoms.